The molecule has 2 aromatic rings. The lowest BCUT2D eigenvalue weighted by molar-refractivity contribution is 0.0951. The highest BCUT2D eigenvalue weighted by Crippen LogP contribution is 2.16. The summed E-state index contributed by atoms with van der Waals surface area (Å²) in [4.78, 5) is 11.9. The normalized spacial score (nSPS) is 10.4. The van der Waals surface area contributed by atoms with Crippen LogP contribution in [0.1, 0.15) is 21.5 Å². The van der Waals surface area contributed by atoms with Crippen LogP contribution >= 0.6 is 33.9 Å². The summed E-state index contributed by atoms with van der Waals surface area (Å²) >= 11 is 3.78. The number of methoxy groups -OCH3 is 1. The monoisotopic (exact) mass is 387 g/mol. The molecule has 0 atom stereocenters. The maximum atomic E-state index is 11.9. The van der Waals surface area contributed by atoms with E-state index >= 15 is 0 Å². The number of amides is 1. The molecule has 0 saturated heterocycles. The van der Waals surface area contributed by atoms with Crippen molar-refractivity contribution in [3.63, 3.8) is 0 Å². The number of benzene rings is 1. The summed E-state index contributed by atoms with van der Waals surface area (Å²) in [5.74, 6) is -0.0312. The quantitative estimate of drug-likeness (QED) is 0.799. The van der Waals surface area contributed by atoms with Crippen LogP contribution in [-0.4, -0.2) is 13.0 Å². The molecule has 3 nitrogen and oxygen atoms in total. The van der Waals surface area contributed by atoms with E-state index in [9.17, 15) is 4.79 Å². The van der Waals surface area contributed by atoms with Crippen molar-refractivity contribution in [2.24, 2.45) is 0 Å². The summed E-state index contributed by atoms with van der Waals surface area (Å²) in [7, 11) is 1.67. The maximum absolute atomic E-state index is 11.9. The van der Waals surface area contributed by atoms with E-state index in [0.717, 1.165) is 19.6 Å². The lowest BCUT2D eigenvalue weighted by Gasteiger charge is -2.06. The molecule has 0 bridgehead atoms. The Kier molecular flexibility index (Phi) is 5.35. The van der Waals surface area contributed by atoms with Crippen LogP contribution in [-0.2, 0) is 17.9 Å². The largest absolute Gasteiger partial charge is 0.380 e. The molecule has 5 heteroatoms. The molecule has 1 amide bonds. The summed E-state index contributed by atoms with van der Waals surface area (Å²) in [5, 5.41) is 4.79. The predicted octanol–water partition coefficient (Wildman–Crippen LogP) is 3.43. The van der Waals surface area contributed by atoms with Gasteiger partial charge in [0.1, 0.15) is 0 Å². The third-order valence-electron chi connectivity index (χ3n) is 2.59. The van der Waals surface area contributed by atoms with E-state index in [-0.39, 0.29) is 5.91 Å². The van der Waals surface area contributed by atoms with Crippen molar-refractivity contribution in [3.05, 3.63) is 55.3 Å². The van der Waals surface area contributed by atoms with Gasteiger partial charge in [0, 0.05) is 19.0 Å². The summed E-state index contributed by atoms with van der Waals surface area (Å²) < 4.78 is 6.21. The highest BCUT2D eigenvalue weighted by Gasteiger charge is 2.07. The fourth-order valence-corrected chi connectivity index (χ4v) is 3.04. The second-order valence-corrected chi connectivity index (χ2v) is 6.88. The van der Waals surface area contributed by atoms with Crippen LogP contribution in [0.25, 0.3) is 0 Å². The highest BCUT2D eigenvalue weighted by molar-refractivity contribution is 14.1. The van der Waals surface area contributed by atoms with Crippen LogP contribution < -0.4 is 5.32 Å². The third kappa shape index (κ3) is 4.29. The molecule has 0 aliphatic heterocycles. The first kappa shape index (κ1) is 14.5. The van der Waals surface area contributed by atoms with Gasteiger partial charge in [0.15, 0.2) is 0 Å². The van der Waals surface area contributed by atoms with Crippen molar-refractivity contribution in [2.75, 3.05) is 7.11 Å². The molecule has 1 N–H and O–H groups in total. The summed E-state index contributed by atoms with van der Waals surface area (Å²) in [6.45, 7) is 1.12. The average Bonchev–Trinajstić information content (AvgIpc) is 2.84. The fourth-order valence-electron chi connectivity index (χ4n) is 1.71. The van der Waals surface area contributed by atoms with E-state index in [4.69, 9.17) is 4.74 Å². The lowest BCUT2D eigenvalue weighted by Crippen LogP contribution is -2.22. The molecule has 1 aromatic carbocycles. The van der Waals surface area contributed by atoms with E-state index in [1.165, 1.54) is 0 Å². The van der Waals surface area contributed by atoms with Gasteiger partial charge in [-0.25, -0.2) is 0 Å². The van der Waals surface area contributed by atoms with E-state index < -0.39 is 0 Å². The highest BCUT2D eigenvalue weighted by atomic mass is 127. The van der Waals surface area contributed by atoms with Crippen LogP contribution in [0.4, 0.5) is 0 Å². The molecule has 0 saturated carbocycles. The van der Waals surface area contributed by atoms with Crippen molar-refractivity contribution in [3.8, 4) is 0 Å². The SMILES string of the molecule is COCc1cccc(CNC(=O)c2csc(I)c2)c1. The number of rotatable bonds is 5. The molecule has 2 rings (SSSR count). The number of thiophene rings is 1. The Hall–Kier alpha value is -0.920. The smallest absolute Gasteiger partial charge is 0.252 e. The number of hydrogen-bond donors (Lipinski definition) is 1. The first-order chi connectivity index (χ1) is 9.19. The number of carbonyl (C=O) groups excluding carboxylic acids is 1. The molecule has 19 heavy (non-hydrogen) atoms. The third-order valence-corrected chi connectivity index (χ3v) is 4.37. The van der Waals surface area contributed by atoms with E-state index in [1.807, 2.05) is 35.7 Å². The van der Waals surface area contributed by atoms with Gasteiger partial charge in [0.25, 0.3) is 5.91 Å². The number of ether oxygens (including phenoxy) is 1. The molecule has 0 aliphatic rings. The standard InChI is InChI=1S/C14H14INO2S/c1-18-8-11-4-2-3-10(5-11)7-16-14(17)12-6-13(15)19-9-12/h2-6,9H,7-8H2,1H3,(H,16,17). The number of carbonyl (C=O) groups is 1. The van der Waals surface area contributed by atoms with Crippen molar-refractivity contribution >= 4 is 39.8 Å². The minimum absolute atomic E-state index is 0.0312. The molecular weight excluding hydrogens is 373 g/mol. The number of nitrogens with one attached hydrogen (secondary N) is 1. The Bertz CT molecular complexity index is 568. The first-order valence-corrected chi connectivity index (χ1v) is 7.74. The van der Waals surface area contributed by atoms with Gasteiger partial charge in [-0.1, -0.05) is 24.3 Å². The van der Waals surface area contributed by atoms with E-state index in [0.29, 0.717) is 13.2 Å². The van der Waals surface area contributed by atoms with Crippen LogP contribution in [0.5, 0.6) is 0 Å². The number of halogens is 1. The van der Waals surface area contributed by atoms with Gasteiger partial charge in [0.2, 0.25) is 0 Å². The van der Waals surface area contributed by atoms with Crippen molar-refractivity contribution < 1.29 is 9.53 Å². The topological polar surface area (TPSA) is 38.3 Å². The Morgan fingerprint density at radius 1 is 1.37 bits per heavy atom. The maximum Gasteiger partial charge on any atom is 0.252 e. The van der Waals surface area contributed by atoms with Gasteiger partial charge < -0.3 is 10.1 Å². The zero-order valence-corrected chi connectivity index (χ0v) is 13.5. The Labute approximate surface area is 130 Å². The van der Waals surface area contributed by atoms with Crippen LogP contribution in [0.3, 0.4) is 0 Å². The van der Waals surface area contributed by atoms with Crippen molar-refractivity contribution in [1.82, 2.24) is 5.32 Å². The molecule has 100 valence electrons. The molecule has 0 radical (unpaired) electrons. The summed E-state index contributed by atoms with van der Waals surface area (Å²) in [5.41, 5.74) is 2.91. The molecule has 0 spiro atoms. The lowest BCUT2D eigenvalue weighted by atomic mass is 10.1. The van der Waals surface area contributed by atoms with Crippen LogP contribution in [0.2, 0.25) is 0 Å². The van der Waals surface area contributed by atoms with Crippen molar-refractivity contribution in [2.45, 2.75) is 13.2 Å². The zero-order valence-electron chi connectivity index (χ0n) is 10.5. The first-order valence-electron chi connectivity index (χ1n) is 5.78. The van der Waals surface area contributed by atoms with Gasteiger partial charge in [-0.3, -0.25) is 4.79 Å². The average molecular weight is 387 g/mol. The predicted molar refractivity (Wildman–Crippen MR) is 85.4 cm³/mol. The minimum atomic E-state index is -0.0312. The molecule has 1 heterocycles. The second-order valence-electron chi connectivity index (χ2n) is 4.08. The van der Waals surface area contributed by atoms with Crippen LogP contribution in [0, 0.1) is 2.88 Å². The molecular formula is C14H14INO2S. The second kappa shape index (κ2) is 7.02. The fraction of sp³-hybridized carbons (Fsp3) is 0.214. The van der Waals surface area contributed by atoms with Gasteiger partial charge >= 0.3 is 0 Å². The van der Waals surface area contributed by atoms with E-state index in [1.54, 1.807) is 18.4 Å². The molecule has 1 aromatic heterocycles. The summed E-state index contributed by atoms with van der Waals surface area (Å²) in [6, 6.07) is 9.92. The Morgan fingerprint density at radius 2 is 2.16 bits per heavy atom. The van der Waals surface area contributed by atoms with Gasteiger partial charge in [-0.2, -0.15) is 0 Å². The zero-order chi connectivity index (χ0) is 13.7. The van der Waals surface area contributed by atoms with Crippen molar-refractivity contribution in [1.29, 1.82) is 0 Å². The molecule has 0 aliphatic carbocycles. The van der Waals surface area contributed by atoms with Crippen LogP contribution in [0.15, 0.2) is 35.7 Å². The minimum Gasteiger partial charge on any atom is -0.380 e. The molecule has 0 fully saturated rings. The van der Waals surface area contributed by atoms with Gasteiger partial charge in [-0.05, 0) is 39.8 Å². The Balaban J connectivity index is 1.95. The van der Waals surface area contributed by atoms with Gasteiger partial charge in [0.05, 0.1) is 15.1 Å². The van der Waals surface area contributed by atoms with Gasteiger partial charge in [-0.15, -0.1) is 11.3 Å². The Morgan fingerprint density at radius 3 is 2.84 bits per heavy atom. The molecule has 0 unspecified atom stereocenters. The van der Waals surface area contributed by atoms with E-state index in [2.05, 4.69) is 27.9 Å². The number of hydrogen-bond acceptors (Lipinski definition) is 3. The summed E-state index contributed by atoms with van der Waals surface area (Å²) in [6.07, 6.45) is 0.